The van der Waals surface area contributed by atoms with Crippen molar-refractivity contribution in [1.82, 2.24) is 9.80 Å². The quantitative estimate of drug-likeness (QED) is 0.317. The first-order valence-corrected chi connectivity index (χ1v) is 7.27. The molecule has 0 heterocycles. The molecule has 0 aromatic heterocycles. The Kier molecular flexibility index (Phi) is 5.80. The van der Waals surface area contributed by atoms with Gasteiger partial charge in [0.05, 0.1) is 5.92 Å². The van der Waals surface area contributed by atoms with Gasteiger partial charge in [-0.3, -0.25) is 4.79 Å². The van der Waals surface area contributed by atoms with Crippen molar-refractivity contribution in [1.29, 1.82) is 0 Å². The molecule has 3 N–H and O–H groups in total. The first kappa shape index (κ1) is 16.8. The van der Waals surface area contributed by atoms with E-state index in [2.05, 4.69) is 24.2 Å². The third kappa shape index (κ3) is 3.42. The number of nitrogens with two attached hydrogens (primary N) is 1. The maximum Gasteiger partial charge on any atom is 0.233 e. The molecule has 6 heteroatoms. The Morgan fingerprint density at radius 1 is 1.40 bits per heavy atom. The molecule has 116 valence electrons. The molecule has 20 heavy (non-hydrogen) atoms. The lowest BCUT2D eigenvalue weighted by atomic mass is 9.75. The highest BCUT2D eigenvalue weighted by molar-refractivity contribution is 6.01. The van der Waals surface area contributed by atoms with Crippen molar-refractivity contribution in [3.8, 4) is 0 Å². The van der Waals surface area contributed by atoms with Crippen LogP contribution in [-0.2, 0) is 4.79 Å². The summed E-state index contributed by atoms with van der Waals surface area (Å²) in [6.07, 6.45) is 4.85. The number of amides is 1. The molecule has 0 spiro atoms. The number of carbonyl (C=O) groups is 1. The Morgan fingerprint density at radius 2 is 2.00 bits per heavy atom. The summed E-state index contributed by atoms with van der Waals surface area (Å²) in [7, 11) is 5.92. The van der Waals surface area contributed by atoms with E-state index in [1.165, 1.54) is 6.42 Å². The summed E-state index contributed by atoms with van der Waals surface area (Å²) >= 11 is 0. The highest BCUT2D eigenvalue weighted by Gasteiger charge is 2.41. The van der Waals surface area contributed by atoms with Gasteiger partial charge in [0.15, 0.2) is 5.84 Å². The smallest absolute Gasteiger partial charge is 0.233 e. The lowest BCUT2D eigenvalue weighted by Crippen LogP contribution is -2.58. The third-order valence-electron chi connectivity index (χ3n) is 4.49. The van der Waals surface area contributed by atoms with Crippen molar-refractivity contribution >= 4 is 11.7 Å². The zero-order valence-corrected chi connectivity index (χ0v) is 13.1. The maximum atomic E-state index is 12.5. The van der Waals surface area contributed by atoms with Crippen LogP contribution >= 0.6 is 0 Å². The van der Waals surface area contributed by atoms with Crippen LogP contribution in [0.5, 0.6) is 0 Å². The van der Waals surface area contributed by atoms with Gasteiger partial charge in [-0.25, -0.2) is 0 Å². The van der Waals surface area contributed by atoms with E-state index in [9.17, 15) is 4.79 Å². The Morgan fingerprint density at radius 3 is 2.35 bits per heavy atom. The fourth-order valence-electron chi connectivity index (χ4n) is 2.87. The largest absolute Gasteiger partial charge is 0.409 e. The highest BCUT2D eigenvalue weighted by atomic mass is 16.4. The van der Waals surface area contributed by atoms with Crippen molar-refractivity contribution in [3.63, 3.8) is 0 Å². The molecule has 0 saturated heterocycles. The number of carbonyl (C=O) groups excluding carboxylic acids is 1. The predicted molar refractivity (Wildman–Crippen MR) is 79.7 cm³/mol. The molecule has 6 nitrogen and oxygen atoms in total. The zero-order valence-electron chi connectivity index (χ0n) is 13.1. The predicted octanol–water partition coefficient (Wildman–Crippen LogP) is 1.09. The van der Waals surface area contributed by atoms with Gasteiger partial charge in [0.2, 0.25) is 5.91 Å². The van der Waals surface area contributed by atoms with Gasteiger partial charge in [0.25, 0.3) is 0 Å². The van der Waals surface area contributed by atoms with Crippen molar-refractivity contribution in [2.75, 3.05) is 27.7 Å². The second-order valence-electron chi connectivity index (χ2n) is 6.03. The van der Waals surface area contributed by atoms with Crippen LogP contribution in [0, 0.1) is 5.92 Å². The molecule has 1 aliphatic carbocycles. The lowest BCUT2D eigenvalue weighted by Gasteiger charge is -2.49. The lowest BCUT2D eigenvalue weighted by molar-refractivity contribution is -0.135. The topological polar surface area (TPSA) is 82.2 Å². The van der Waals surface area contributed by atoms with E-state index in [1.54, 1.807) is 11.9 Å². The van der Waals surface area contributed by atoms with Gasteiger partial charge in [-0.15, -0.1) is 0 Å². The Labute approximate surface area is 121 Å². The number of amidine groups is 1. The number of oxime groups is 1. The first-order chi connectivity index (χ1) is 9.38. The summed E-state index contributed by atoms with van der Waals surface area (Å²) in [6.45, 7) is 2.68. The third-order valence-corrected chi connectivity index (χ3v) is 4.49. The van der Waals surface area contributed by atoms with Gasteiger partial charge >= 0.3 is 0 Å². The van der Waals surface area contributed by atoms with E-state index in [-0.39, 0.29) is 17.3 Å². The molecule has 0 aliphatic heterocycles. The molecular formula is C14H28N4O2. The van der Waals surface area contributed by atoms with Gasteiger partial charge in [-0.1, -0.05) is 18.5 Å². The van der Waals surface area contributed by atoms with Crippen LogP contribution in [0.15, 0.2) is 5.16 Å². The van der Waals surface area contributed by atoms with Crippen molar-refractivity contribution in [2.24, 2.45) is 16.8 Å². The minimum absolute atomic E-state index is 0.0104. The van der Waals surface area contributed by atoms with E-state index < -0.39 is 5.92 Å². The average molecular weight is 284 g/mol. The van der Waals surface area contributed by atoms with Crippen molar-refractivity contribution in [3.05, 3.63) is 0 Å². The maximum absolute atomic E-state index is 12.5. The summed E-state index contributed by atoms with van der Waals surface area (Å²) in [5, 5.41) is 11.8. The second kappa shape index (κ2) is 6.92. The minimum Gasteiger partial charge on any atom is -0.409 e. The van der Waals surface area contributed by atoms with Gasteiger partial charge in [0, 0.05) is 19.1 Å². The number of nitrogens with zero attached hydrogens (tertiary/aromatic N) is 3. The van der Waals surface area contributed by atoms with E-state index in [1.807, 2.05) is 6.92 Å². The van der Waals surface area contributed by atoms with Crippen LogP contribution in [0.1, 0.15) is 39.0 Å². The normalized spacial score (nSPS) is 19.6. The second-order valence-corrected chi connectivity index (χ2v) is 6.03. The van der Waals surface area contributed by atoms with Crippen LogP contribution < -0.4 is 5.73 Å². The molecule has 0 aromatic carbocycles. The SMILES string of the molecule is CCCC(C(=O)N(C)CC1(N(C)C)CCC1)C(N)=NO. The number of likely N-dealkylation sites (N-methyl/N-ethyl adjacent to an activating group) is 2. The summed E-state index contributed by atoms with van der Waals surface area (Å²) in [5.74, 6) is -0.569. The molecule has 0 radical (unpaired) electrons. The van der Waals surface area contributed by atoms with Crippen LogP contribution in [0.3, 0.4) is 0 Å². The van der Waals surface area contributed by atoms with Crippen LogP contribution in [-0.4, -0.2) is 60.0 Å². The summed E-state index contributed by atoms with van der Waals surface area (Å²) in [6, 6.07) is 0. The zero-order chi connectivity index (χ0) is 15.3. The minimum atomic E-state index is -0.519. The van der Waals surface area contributed by atoms with Crippen molar-refractivity contribution < 1.29 is 10.0 Å². The molecule has 1 atom stereocenters. The van der Waals surface area contributed by atoms with Gasteiger partial charge in [-0.05, 0) is 39.8 Å². The van der Waals surface area contributed by atoms with Gasteiger partial charge in [-0.2, -0.15) is 0 Å². The number of rotatable bonds is 7. The average Bonchev–Trinajstić information content (AvgIpc) is 2.37. The fraction of sp³-hybridized carbons (Fsp3) is 0.857. The fourth-order valence-corrected chi connectivity index (χ4v) is 2.87. The first-order valence-electron chi connectivity index (χ1n) is 7.27. The van der Waals surface area contributed by atoms with E-state index in [0.29, 0.717) is 13.0 Å². The molecular weight excluding hydrogens is 256 g/mol. The molecule has 1 unspecified atom stereocenters. The summed E-state index contributed by atoms with van der Waals surface area (Å²) in [4.78, 5) is 16.4. The number of hydrogen-bond acceptors (Lipinski definition) is 4. The molecule has 0 bridgehead atoms. The monoisotopic (exact) mass is 284 g/mol. The standard InChI is InChI=1S/C14H28N4O2/c1-5-7-11(12(15)16-20)13(19)18(4)10-14(17(2)3)8-6-9-14/h11,20H,5-10H2,1-4H3,(H2,15,16). The Hall–Kier alpha value is -1.30. The van der Waals surface area contributed by atoms with Crippen LogP contribution in [0.2, 0.25) is 0 Å². The van der Waals surface area contributed by atoms with Crippen molar-refractivity contribution in [2.45, 2.75) is 44.6 Å². The van der Waals surface area contributed by atoms with Gasteiger partial charge in [0.1, 0.15) is 0 Å². The van der Waals surface area contributed by atoms with Gasteiger partial charge < -0.3 is 20.7 Å². The van der Waals surface area contributed by atoms with E-state index in [4.69, 9.17) is 10.9 Å². The molecule has 1 saturated carbocycles. The molecule has 1 aliphatic rings. The summed E-state index contributed by atoms with van der Waals surface area (Å²) < 4.78 is 0. The van der Waals surface area contributed by atoms with Crippen LogP contribution in [0.25, 0.3) is 0 Å². The molecule has 1 rings (SSSR count). The molecule has 1 amide bonds. The molecule has 1 fully saturated rings. The Balaban J connectivity index is 2.74. The van der Waals surface area contributed by atoms with Crippen LogP contribution in [0.4, 0.5) is 0 Å². The summed E-state index contributed by atoms with van der Waals surface area (Å²) in [5.41, 5.74) is 5.74. The molecule has 0 aromatic rings. The highest BCUT2D eigenvalue weighted by Crippen LogP contribution is 2.36. The van der Waals surface area contributed by atoms with E-state index in [0.717, 1.165) is 19.3 Å². The Bertz CT molecular complexity index is 364. The number of hydrogen-bond donors (Lipinski definition) is 2. The van der Waals surface area contributed by atoms with E-state index >= 15 is 0 Å².